The highest BCUT2D eigenvalue weighted by atomic mass is 16.5. The Bertz CT molecular complexity index is 608. The Morgan fingerprint density at radius 1 is 1.24 bits per heavy atom. The van der Waals surface area contributed by atoms with Gasteiger partial charge in [0.2, 0.25) is 6.04 Å². The van der Waals surface area contributed by atoms with E-state index in [4.69, 9.17) is 4.74 Å². The number of pyridine rings is 1. The quantitative estimate of drug-likeness (QED) is 0.856. The van der Waals surface area contributed by atoms with E-state index >= 15 is 0 Å². The fourth-order valence-electron chi connectivity index (χ4n) is 2.18. The summed E-state index contributed by atoms with van der Waals surface area (Å²) >= 11 is 0. The Balaban J connectivity index is 1.96. The number of rotatable bonds is 5. The molecule has 0 unspecified atom stereocenters. The summed E-state index contributed by atoms with van der Waals surface area (Å²) in [5.41, 5.74) is 2.11. The van der Waals surface area contributed by atoms with Crippen molar-refractivity contribution in [1.29, 1.82) is 0 Å². The Morgan fingerprint density at radius 3 is 2.57 bits per heavy atom. The molecule has 1 heterocycles. The van der Waals surface area contributed by atoms with Crippen molar-refractivity contribution in [2.75, 3.05) is 7.11 Å². The molecule has 0 aliphatic carbocycles. The highest BCUT2D eigenvalue weighted by Gasteiger charge is 2.22. The number of nitrogens with zero attached hydrogens (tertiary/aromatic N) is 1. The van der Waals surface area contributed by atoms with Crippen LogP contribution >= 0.6 is 0 Å². The second-order valence-corrected chi connectivity index (χ2v) is 4.99. The molecular formula is C17H21N2O2+. The highest BCUT2D eigenvalue weighted by molar-refractivity contribution is 5.78. The molecule has 4 heteroatoms. The van der Waals surface area contributed by atoms with Gasteiger partial charge in [0.15, 0.2) is 11.9 Å². The second kappa shape index (κ2) is 6.88. The molecule has 0 spiro atoms. The smallest absolute Gasteiger partial charge is 0.289 e. The number of nitrogens with one attached hydrogen (secondary N) is 1. The van der Waals surface area contributed by atoms with Gasteiger partial charge in [-0.25, -0.2) is 0 Å². The molecule has 4 nitrogen and oxygen atoms in total. The monoisotopic (exact) mass is 285 g/mol. The summed E-state index contributed by atoms with van der Waals surface area (Å²) in [5, 5.41) is 2.96. The van der Waals surface area contributed by atoms with E-state index < -0.39 is 0 Å². The van der Waals surface area contributed by atoms with E-state index in [0.29, 0.717) is 6.54 Å². The molecule has 0 aliphatic rings. The van der Waals surface area contributed by atoms with Crippen LogP contribution in [0.15, 0.2) is 48.7 Å². The van der Waals surface area contributed by atoms with Gasteiger partial charge < -0.3 is 10.1 Å². The number of methoxy groups -OCH3 is 1. The average Bonchev–Trinajstić information content (AvgIpc) is 2.53. The lowest BCUT2D eigenvalue weighted by Crippen LogP contribution is -2.48. The van der Waals surface area contributed by atoms with Crippen LogP contribution in [0.4, 0.5) is 0 Å². The summed E-state index contributed by atoms with van der Waals surface area (Å²) in [6, 6.07) is 13.3. The molecule has 1 amide bonds. The first-order valence-electron chi connectivity index (χ1n) is 6.99. The lowest BCUT2D eigenvalue weighted by atomic mass is 10.2. The number of hydrogen-bond donors (Lipinski definition) is 1. The van der Waals surface area contributed by atoms with Crippen LogP contribution in [0.25, 0.3) is 0 Å². The third-order valence-corrected chi connectivity index (χ3v) is 3.52. The molecule has 110 valence electrons. The van der Waals surface area contributed by atoms with E-state index in [-0.39, 0.29) is 11.9 Å². The summed E-state index contributed by atoms with van der Waals surface area (Å²) in [4.78, 5) is 12.2. The molecule has 1 aromatic heterocycles. The molecule has 0 bridgehead atoms. The van der Waals surface area contributed by atoms with Gasteiger partial charge in [-0.05, 0) is 17.7 Å². The number of aryl methyl sites for hydroxylation is 1. The first kappa shape index (κ1) is 15.0. The summed E-state index contributed by atoms with van der Waals surface area (Å²) < 4.78 is 7.07. The van der Waals surface area contributed by atoms with Crippen LogP contribution < -0.4 is 14.6 Å². The van der Waals surface area contributed by atoms with Gasteiger partial charge >= 0.3 is 0 Å². The SMILES string of the molecule is COc1ccc(CNC(=O)[C@H](C)[n+]2ccccc2C)cc1. The molecule has 1 atom stereocenters. The second-order valence-electron chi connectivity index (χ2n) is 4.99. The zero-order valence-corrected chi connectivity index (χ0v) is 12.7. The fraction of sp³-hybridized carbons (Fsp3) is 0.294. The van der Waals surface area contributed by atoms with Crippen LogP contribution in [0.1, 0.15) is 24.2 Å². The molecule has 0 aliphatic heterocycles. The van der Waals surface area contributed by atoms with Crippen molar-refractivity contribution in [3.8, 4) is 5.75 Å². The fourth-order valence-corrected chi connectivity index (χ4v) is 2.18. The predicted molar refractivity (Wildman–Crippen MR) is 80.9 cm³/mol. The van der Waals surface area contributed by atoms with Gasteiger partial charge in [-0.1, -0.05) is 18.2 Å². The zero-order chi connectivity index (χ0) is 15.2. The summed E-state index contributed by atoms with van der Waals surface area (Å²) in [6.07, 6.45) is 1.92. The first-order chi connectivity index (χ1) is 10.1. The lowest BCUT2D eigenvalue weighted by molar-refractivity contribution is -0.711. The Morgan fingerprint density at radius 2 is 1.95 bits per heavy atom. The number of hydrogen-bond acceptors (Lipinski definition) is 2. The Hall–Kier alpha value is -2.36. The summed E-state index contributed by atoms with van der Waals surface area (Å²) in [5.74, 6) is 0.819. The van der Waals surface area contributed by atoms with Crippen molar-refractivity contribution in [2.45, 2.75) is 26.4 Å². The normalized spacial score (nSPS) is 11.8. The molecule has 2 rings (SSSR count). The van der Waals surface area contributed by atoms with Crippen molar-refractivity contribution in [2.24, 2.45) is 0 Å². The van der Waals surface area contributed by atoms with Crippen LogP contribution in [0.2, 0.25) is 0 Å². The van der Waals surface area contributed by atoms with Crippen molar-refractivity contribution in [3.63, 3.8) is 0 Å². The van der Waals surface area contributed by atoms with Crippen molar-refractivity contribution in [3.05, 3.63) is 59.9 Å². The van der Waals surface area contributed by atoms with Gasteiger partial charge in [0, 0.05) is 32.5 Å². The maximum absolute atomic E-state index is 12.2. The van der Waals surface area contributed by atoms with E-state index in [1.54, 1.807) is 7.11 Å². The lowest BCUT2D eigenvalue weighted by Gasteiger charge is -2.10. The zero-order valence-electron chi connectivity index (χ0n) is 12.7. The van der Waals surface area contributed by atoms with E-state index in [1.807, 2.05) is 67.1 Å². The highest BCUT2D eigenvalue weighted by Crippen LogP contribution is 2.11. The maximum atomic E-state index is 12.2. The van der Waals surface area contributed by atoms with Gasteiger partial charge in [-0.15, -0.1) is 0 Å². The minimum Gasteiger partial charge on any atom is -0.497 e. The van der Waals surface area contributed by atoms with Crippen molar-refractivity contribution >= 4 is 5.91 Å². The number of amides is 1. The third kappa shape index (κ3) is 3.81. The van der Waals surface area contributed by atoms with Crippen LogP contribution in [-0.4, -0.2) is 13.0 Å². The minimum atomic E-state index is -0.232. The van der Waals surface area contributed by atoms with Crippen LogP contribution in [0, 0.1) is 6.92 Å². The topological polar surface area (TPSA) is 42.2 Å². The van der Waals surface area contributed by atoms with E-state index in [1.165, 1.54) is 0 Å². The van der Waals surface area contributed by atoms with Crippen LogP contribution in [0.3, 0.4) is 0 Å². The standard InChI is InChI=1S/C17H20N2O2/c1-13-6-4-5-11-19(13)14(2)17(20)18-12-15-7-9-16(21-3)10-8-15/h4-11,14H,12H2,1-3H3/p+1/t14-/m0/s1. The summed E-state index contributed by atoms with van der Waals surface area (Å²) in [7, 11) is 1.64. The molecule has 1 N–H and O–H groups in total. The Labute approximate surface area is 125 Å². The minimum absolute atomic E-state index is 0.00474. The third-order valence-electron chi connectivity index (χ3n) is 3.52. The number of aromatic nitrogens is 1. The number of carbonyl (C=O) groups is 1. The van der Waals surface area contributed by atoms with E-state index in [9.17, 15) is 4.79 Å². The van der Waals surface area contributed by atoms with E-state index in [2.05, 4.69) is 5.32 Å². The van der Waals surface area contributed by atoms with Crippen molar-refractivity contribution < 1.29 is 14.1 Å². The molecule has 0 saturated heterocycles. The predicted octanol–water partition coefficient (Wildman–Crippen LogP) is 2.17. The van der Waals surface area contributed by atoms with Gasteiger partial charge in [0.1, 0.15) is 5.75 Å². The Kier molecular flexibility index (Phi) is 4.93. The average molecular weight is 285 g/mol. The first-order valence-corrected chi connectivity index (χ1v) is 6.99. The number of benzene rings is 1. The van der Waals surface area contributed by atoms with Crippen LogP contribution in [0.5, 0.6) is 5.75 Å². The number of carbonyl (C=O) groups excluding carboxylic acids is 1. The molecule has 2 aromatic rings. The molecule has 21 heavy (non-hydrogen) atoms. The van der Waals surface area contributed by atoms with Gasteiger partial charge in [0.25, 0.3) is 5.91 Å². The largest absolute Gasteiger partial charge is 0.497 e. The molecular weight excluding hydrogens is 264 g/mol. The number of ether oxygens (including phenoxy) is 1. The summed E-state index contributed by atoms with van der Waals surface area (Å²) in [6.45, 7) is 4.41. The van der Waals surface area contributed by atoms with Gasteiger partial charge in [0.05, 0.1) is 7.11 Å². The molecule has 0 fully saturated rings. The van der Waals surface area contributed by atoms with Gasteiger partial charge in [-0.2, -0.15) is 4.57 Å². The molecule has 1 aromatic carbocycles. The van der Waals surface area contributed by atoms with Crippen LogP contribution in [-0.2, 0) is 11.3 Å². The maximum Gasteiger partial charge on any atom is 0.289 e. The molecule has 0 radical (unpaired) electrons. The molecule has 0 saturated carbocycles. The van der Waals surface area contributed by atoms with Crippen molar-refractivity contribution in [1.82, 2.24) is 5.32 Å². The van der Waals surface area contributed by atoms with Gasteiger partial charge in [-0.3, -0.25) is 4.79 Å². The van der Waals surface area contributed by atoms with E-state index in [0.717, 1.165) is 17.0 Å².